The Morgan fingerprint density at radius 3 is 2.32 bits per heavy atom. The summed E-state index contributed by atoms with van der Waals surface area (Å²) in [5.74, 6) is -0.0960. The highest BCUT2D eigenvalue weighted by Crippen LogP contribution is 2.19. The lowest BCUT2D eigenvalue weighted by Gasteiger charge is -2.15. The number of hydrogen-bond acceptors (Lipinski definition) is 4. The molecule has 1 saturated heterocycles. The molecular weight excluding hydrogens is 450 g/mol. The minimum Gasteiger partial charge on any atom is -0.352 e. The van der Waals surface area contributed by atoms with E-state index in [9.17, 15) is 18.0 Å². The first-order valence-corrected chi connectivity index (χ1v) is 13.0. The van der Waals surface area contributed by atoms with E-state index in [-0.39, 0.29) is 29.7 Å². The van der Waals surface area contributed by atoms with Gasteiger partial charge in [-0.3, -0.25) is 9.59 Å². The maximum atomic E-state index is 12.6. The third kappa shape index (κ3) is 6.01. The molecule has 0 spiro atoms. The maximum Gasteiger partial charge on any atom is 0.253 e. The summed E-state index contributed by atoms with van der Waals surface area (Å²) in [7, 11) is -3.64. The summed E-state index contributed by atoms with van der Waals surface area (Å²) in [6.45, 7) is 2.17. The first-order chi connectivity index (χ1) is 16.4. The van der Waals surface area contributed by atoms with E-state index in [2.05, 4.69) is 10.0 Å². The third-order valence-corrected chi connectivity index (χ3v) is 7.45. The molecule has 4 rings (SSSR count). The average Bonchev–Trinajstić information content (AvgIpc) is 3.40. The fourth-order valence-corrected chi connectivity index (χ4v) is 5.14. The zero-order valence-electron chi connectivity index (χ0n) is 19.0. The summed E-state index contributed by atoms with van der Waals surface area (Å²) in [6.07, 6.45) is 2.72. The van der Waals surface area contributed by atoms with E-state index < -0.39 is 10.0 Å². The van der Waals surface area contributed by atoms with E-state index in [1.165, 1.54) is 0 Å². The molecule has 0 atom stereocenters. The van der Waals surface area contributed by atoms with Crippen LogP contribution in [-0.4, -0.2) is 44.8 Å². The van der Waals surface area contributed by atoms with E-state index in [0.717, 1.165) is 42.3 Å². The molecule has 3 aromatic carbocycles. The van der Waals surface area contributed by atoms with E-state index >= 15 is 0 Å². The zero-order valence-corrected chi connectivity index (χ0v) is 19.8. The molecule has 1 heterocycles. The van der Waals surface area contributed by atoms with Gasteiger partial charge < -0.3 is 10.2 Å². The molecular formula is C26H29N3O4S. The highest BCUT2D eigenvalue weighted by Gasteiger charge is 2.19. The second-order valence-electron chi connectivity index (χ2n) is 8.48. The number of likely N-dealkylation sites (tertiary alicyclic amines) is 1. The Morgan fingerprint density at radius 2 is 1.59 bits per heavy atom. The average molecular weight is 480 g/mol. The van der Waals surface area contributed by atoms with Gasteiger partial charge in [0.25, 0.3) is 5.91 Å². The van der Waals surface area contributed by atoms with E-state index in [1.807, 2.05) is 41.3 Å². The molecule has 0 bridgehead atoms. The molecule has 1 aliphatic rings. The summed E-state index contributed by atoms with van der Waals surface area (Å²) >= 11 is 0. The minimum atomic E-state index is -3.64. The van der Waals surface area contributed by atoms with E-state index in [1.54, 1.807) is 30.3 Å². The smallest absolute Gasteiger partial charge is 0.253 e. The molecule has 178 valence electrons. The van der Waals surface area contributed by atoms with Crippen molar-refractivity contribution in [1.82, 2.24) is 14.9 Å². The molecule has 2 N–H and O–H groups in total. The van der Waals surface area contributed by atoms with Gasteiger partial charge in [0.05, 0.1) is 4.90 Å². The minimum absolute atomic E-state index is 0.0548. The summed E-state index contributed by atoms with van der Waals surface area (Å²) in [5.41, 5.74) is 1.57. The van der Waals surface area contributed by atoms with Crippen LogP contribution in [-0.2, 0) is 21.4 Å². The van der Waals surface area contributed by atoms with Crippen LogP contribution in [0.1, 0.15) is 41.6 Å². The molecule has 8 heteroatoms. The van der Waals surface area contributed by atoms with Crippen LogP contribution in [0.4, 0.5) is 0 Å². The molecule has 0 unspecified atom stereocenters. The van der Waals surface area contributed by atoms with Gasteiger partial charge >= 0.3 is 0 Å². The molecule has 0 aliphatic carbocycles. The molecule has 3 aromatic rings. The van der Waals surface area contributed by atoms with Crippen LogP contribution in [0.5, 0.6) is 0 Å². The normalized spacial score (nSPS) is 13.8. The summed E-state index contributed by atoms with van der Waals surface area (Å²) in [4.78, 5) is 26.6. The number of carbonyl (C=O) groups is 2. The van der Waals surface area contributed by atoms with Gasteiger partial charge in [0.15, 0.2) is 0 Å². The largest absolute Gasteiger partial charge is 0.352 e. The molecule has 7 nitrogen and oxygen atoms in total. The zero-order chi connectivity index (χ0) is 24.0. The SMILES string of the molecule is O=C(CCCNS(=O)(=O)c1ccc2ccccc2c1)NCc1ccc(C(=O)N2CCCC2)cc1. The number of carbonyl (C=O) groups excluding carboxylic acids is 2. The van der Waals surface area contributed by atoms with Gasteiger partial charge in [-0.25, -0.2) is 13.1 Å². The third-order valence-electron chi connectivity index (χ3n) is 5.99. The predicted molar refractivity (Wildman–Crippen MR) is 132 cm³/mol. The number of sulfonamides is 1. The number of fused-ring (bicyclic) bond motifs is 1. The Morgan fingerprint density at radius 1 is 0.882 bits per heavy atom. The van der Waals surface area contributed by atoms with E-state index in [4.69, 9.17) is 0 Å². The van der Waals surface area contributed by atoms with Crippen molar-refractivity contribution >= 4 is 32.6 Å². The number of benzene rings is 3. The van der Waals surface area contributed by atoms with Gasteiger partial charge in [-0.15, -0.1) is 0 Å². The first-order valence-electron chi connectivity index (χ1n) is 11.6. The van der Waals surface area contributed by atoms with Crippen LogP contribution < -0.4 is 10.0 Å². The molecule has 34 heavy (non-hydrogen) atoms. The fourth-order valence-electron chi connectivity index (χ4n) is 4.03. The Balaban J connectivity index is 1.19. The van der Waals surface area contributed by atoms with Crippen molar-refractivity contribution in [3.05, 3.63) is 77.9 Å². The van der Waals surface area contributed by atoms with Crippen LogP contribution in [0.2, 0.25) is 0 Å². The van der Waals surface area contributed by atoms with Gasteiger partial charge in [-0.1, -0.05) is 42.5 Å². The molecule has 0 saturated carbocycles. The van der Waals surface area contributed by atoms with Gasteiger partial charge in [0.2, 0.25) is 15.9 Å². The number of nitrogens with one attached hydrogen (secondary N) is 2. The van der Waals surface area contributed by atoms with Crippen LogP contribution in [0.25, 0.3) is 10.8 Å². The highest BCUT2D eigenvalue weighted by molar-refractivity contribution is 7.89. The summed E-state index contributed by atoms with van der Waals surface area (Å²) in [6, 6.07) is 19.9. The molecule has 0 aromatic heterocycles. The molecule has 1 fully saturated rings. The topological polar surface area (TPSA) is 95.6 Å². The second kappa shape index (κ2) is 10.8. The quantitative estimate of drug-likeness (QED) is 0.460. The van der Waals surface area contributed by atoms with Gasteiger partial charge in [0, 0.05) is 38.2 Å². The van der Waals surface area contributed by atoms with Crippen LogP contribution >= 0.6 is 0 Å². The molecule has 2 amide bonds. The van der Waals surface area contributed by atoms with E-state index in [0.29, 0.717) is 18.5 Å². The Hall–Kier alpha value is -3.23. The standard InChI is InChI=1S/C26H29N3O4S/c30-25(27-19-20-9-11-22(12-10-20)26(31)29-16-3-4-17-29)8-5-15-28-34(32,33)24-14-13-21-6-1-2-7-23(21)18-24/h1-2,6-7,9-14,18,28H,3-5,8,15-17,19H2,(H,27,30). The number of nitrogens with zero attached hydrogens (tertiary/aromatic N) is 1. The van der Waals surface area contributed by atoms with Gasteiger partial charge in [0.1, 0.15) is 0 Å². The van der Waals surface area contributed by atoms with Crippen molar-refractivity contribution in [3.8, 4) is 0 Å². The number of hydrogen-bond donors (Lipinski definition) is 2. The van der Waals surface area contributed by atoms with Crippen molar-refractivity contribution < 1.29 is 18.0 Å². The Kier molecular flexibility index (Phi) is 7.59. The van der Waals surface area contributed by atoms with Crippen LogP contribution in [0, 0.1) is 0 Å². The highest BCUT2D eigenvalue weighted by atomic mass is 32.2. The Bertz CT molecular complexity index is 1270. The molecule has 1 aliphatic heterocycles. The maximum absolute atomic E-state index is 12.6. The van der Waals surface area contributed by atoms with Crippen molar-refractivity contribution in [3.63, 3.8) is 0 Å². The summed E-state index contributed by atoms with van der Waals surface area (Å²) < 4.78 is 27.7. The van der Waals surface area contributed by atoms with Gasteiger partial charge in [-0.2, -0.15) is 0 Å². The Labute approximate surface area is 200 Å². The van der Waals surface area contributed by atoms with Crippen LogP contribution in [0.3, 0.4) is 0 Å². The second-order valence-corrected chi connectivity index (χ2v) is 10.3. The monoisotopic (exact) mass is 479 g/mol. The lowest BCUT2D eigenvalue weighted by atomic mass is 10.1. The summed E-state index contributed by atoms with van der Waals surface area (Å²) in [5, 5.41) is 4.68. The predicted octanol–water partition coefficient (Wildman–Crippen LogP) is 3.45. The lowest BCUT2D eigenvalue weighted by Crippen LogP contribution is -2.28. The van der Waals surface area contributed by atoms with Crippen molar-refractivity contribution in [2.24, 2.45) is 0 Å². The number of rotatable bonds is 9. The number of amides is 2. The molecule has 0 radical (unpaired) electrons. The van der Waals surface area contributed by atoms with Gasteiger partial charge in [-0.05, 0) is 59.9 Å². The van der Waals surface area contributed by atoms with Crippen molar-refractivity contribution in [2.75, 3.05) is 19.6 Å². The fraction of sp³-hybridized carbons (Fsp3) is 0.308. The van der Waals surface area contributed by atoms with Crippen molar-refractivity contribution in [2.45, 2.75) is 37.1 Å². The first kappa shape index (κ1) is 23.9. The van der Waals surface area contributed by atoms with Crippen molar-refractivity contribution in [1.29, 1.82) is 0 Å². The van der Waals surface area contributed by atoms with Crippen LogP contribution in [0.15, 0.2) is 71.6 Å². The lowest BCUT2D eigenvalue weighted by molar-refractivity contribution is -0.121.